The molecule has 1 heterocycles. The molecule has 0 unspecified atom stereocenters. The highest BCUT2D eigenvalue weighted by molar-refractivity contribution is 6.29. The Labute approximate surface area is 103 Å². The average Bonchev–Trinajstić information content (AvgIpc) is 2.24. The number of carbonyl (C=O) groups is 2. The highest BCUT2D eigenvalue weighted by atomic mass is 35.5. The fourth-order valence-corrected chi connectivity index (χ4v) is 1.24. The van der Waals surface area contributed by atoms with E-state index in [9.17, 15) is 9.59 Å². The topological polar surface area (TPSA) is 110 Å². The number of halogens is 1. The van der Waals surface area contributed by atoms with Gasteiger partial charge in [-0.15, -0.1) is 0 Å². The Balaban J connectivity index is 2.53. The van der Waals surface area contributed by atoms with Crippen molar-refractivity contribution in [3.05, 3.63) is 16.9 Å². The van der Waals surface area contributed by atoms with E-state index in [4.69, 9.17) is 17.3 Å². The van der Waals surface area contributed by atoms with Crippen LogP contribution >= 0.6 is 11.6 Å². The summed E-state index contributed by atoms with van der Waals surface area (Å²) in [5, 5.41) is 4.95. The molecule has 0 radical (unpaired) electrons. The zero-order valence-corrected chi connectivity index (χ0v) is 9.91. The normalized spacial score (nSPS) is 9.82. The molecule has 0 fully saturated rings. The Bertz CT molecular complexity index is 417. The second-order valence-electron chi connectivity index (χ2n) is 3.18. The van der Waals surface area contributed by atoms with Gasteiger partial charge in [0.1, 0.15) is 5.15 Å². The molecule has 0 saturated heterocycles. The molecule has 1 aromatic heterocycles. The minimum Gasteiger partial charge on any atom is -0.346 e. The third kappa shape index (κ3) is 4.75. The predicted molar refractivity (Wildman–Crippen MR) is 62.5 cm³/mol. The van der Waals surface area contributed by atoms with Crippen LogP contribution in [0.2, 0.25) is 5.15 Å². The number of nitrogens with two attached hydrogens (primary N) is 1. The molecule has 1 rings (SSSR count). The number of aromatic nitrogens is 2. The first kappa shape index (κ1) is 13.3. The van der Waals surface area contributed by atoms with Gasteiger partial charge in [-0.05, 0) is 13.0 Å². The molecule has 17 heavy (non-hydrogen) atoms. The molecule has 0 spiro atoms. The number of carbonyl (C=O) groups excluding carboxylic acids is 2. The number of hydrogen-bond acceptors (Lipinski definition) is 5. The Morgan fingerprint density at radius 2 is 2.12 bits per heavy atom. The number of anilines is 1. The maximum Gasteiger partial charge on any atom is 0.246 e. The van der Waals surface area contributed by atoms with Gasteiger partial charge in [0.15, 0.2) is 0 Å². The third-order valence-corrected chi connectivity index (χ3v) is 1.90. The minimum atomic E-state index is -0.450. The van der Waals surface area contributed by atoms with Gasteiger partial charge in [0.05, 0.1) is 13.1 Å². The van der Waals surface area contributed by atoms with Crippen molar-refractivity contribution in [1.29, 1.82) is 0 Å². The van der Waals surface area contributed by atoms with Crippen molar-refractivity contribution in [2.45, 2.75) is 6.92 Å². The fourth-order valence-electron chi connectivity index (χ4n) is 1.01. The van der Waals surface area contributed by atoms with E-state index in [0.717, 1.165) is 0 Å². The van der Waals surface area contributed by atoms with Crippen molar-refractivity contribution >= 4 is 29.4 Å². The number of aryl methyl sites for hydroxylation is 1. The molecule has 0 bridgehead atoms. The third-order valence-electron chi connectivity index (χ3n) is 1.71. The summed E-state index contributed by atoms with van der Waals surface area (Å²) in [6.45, 7) is 1.37. The zero-order chi connectivity index (χ0) is 12.8. The van der Waals surface area contributed by atoms with E-state index in [1.165, 1.54) is 0 Å². The Hall–Kier alpha value is -1.73. The monoisotopic (exact) mass is 257 g/mol. The predicted octanol–water partition coefficient (Wildman–Crippen LogP) is -0.548. The van der Waals surface area contributed by atoms with Crippen LogP contribution in [0.15, 0.2) is 6.07 Å². The molecule has 0 saturated carbocycles. The Morgan fingerprint density at radius 1 is 1.41 bits per heavy atom. The van der Waals surface area contributed by atoms with E-state index in [-0.39, 0.29) is 24.2 Å². The SMILES string of the molecule is Cc1cc(Cl)nc(NC(=O)CNC(=O)CN)n1. The highest BCUT2D eigenvalue weighted by Gasteiger charge is 2.07. The van der Waals surface area contributed by atoms with Gasteiger partial charge in [0.2, 0.25) is 17.8 Å². The van der Waals surface area contributed by atoms with Crippen LogP contribution in [0.1, 0.15) is 5.69 Å². The lowest BCUT2D eigenvalue weighted by molar-refractivity contribution is -0.123. The summed E-state index contributed by atoms with van der Waals surface area (Å²) in [6, 6.07) is 1.56. The number of amides is 2. The lowest BCUT2D eigenvalue weighted by Gasteiger charge is -2.05. The second-order valence-corrected chi connectivity index (χ2v) is 3.57. The van der Waals surface area contributed by atoms with Gasteiger partial charge in [-0.2, -0.15) is 0 Å². The van der Waals surface area contributed by atoms with E-state index in [1.54, 1.807) is 13.0 Å². The van der Waals surface area contributed by atoms with Crippen LogP contribution in [0.25, 0.3) is 0 Å². The Kier molecular flexibility index (Phi) is 4.80. The van der Waals surface area contributed by atoms with Crippen molar-refractivity contribution in [2.75, 3.05) is 18.4 Å². The standard InChI is InChI=1S/C9H12ClN5O2/c1-5-2-6(10)14-9(13-5)15-8(17)4-12-7(16)3-11/h2H,3-4,11H2,1H3,(H,12,16)(H,13,14,15,17). The van der Waals surface area contributed by atoms with Gasteiger partial charge < -0.3 is 11.1 Å². The van der Waals surface area contributed by atoms with Crippen LogP contribution in [-0.4, -0.2) is 34.9 Å². The van der Waals surface area contributed by atoms with Crippen LogP contribution in [0.3, 0.4) is 0 Å². The molecule has 0 atom stereocenters. The molecule has 0 aliphatic carbocycles. The van der Waals surface area contributed by atoms with E-state index < -0.39 is 11.8 Å². The van der Waals surface area contributed by atoms with E-state index in [2.05, 4.69) is 20.6 Å². The van der Waals surface area contributed by atoms with Gasteiger partial charge in [-0.25, -0.2) is 9.97 Å². The van der Waals surface area contributed by atoms with Gasteiger partial charge >= 0.3 is 0 Å². The smallest absolute Gasteiger partial charge is 0.246 e. The summed E-state index contributed by atoms with van der Waals surface area (Å²) < 4.78 is 0. The zero-order valence-electron chi connectivity index (χ0n) is 9.16. The molecule has 2 amide bonds. The van der Waals surface area contributed by atoms with Crippen LogP contribution in [0.5, 0.6) is 0 Å². The summed E-state index contributed by atoms with van der Waals surface area (Å²) >= 11 is 5.69. The van der Waals surface area contributed by atoms with Gasteiger partial charge in [-0.3, -0.25) is 14.9 Å². The van der Waals surface area contributed by atoms with Gasteiger partial charge in [0.25, 0.3) is 0 Å². The largest absolute Gasteiger partial charge is 0.346 e. The molecule has 0 aliphatic heterocycles. The quantitative estimate of drug-likeness (QED) is 0.627. The minimum absolute atomic E-state index is 0.0991. The maximum atomic E-state index is 11.4. The number of rotatable bonds is 4. The lowest BCUT2D eigenvalue weighted by atomic mass is 10.4. The fraction of sp³-hybridized carbons (Fsp3) is 0.333. The molecule has 4 N–H and O–H groups in total. The molecule has 0 aliphatic rings. The molecule has 7 nitrogen and oxygen atoms in total. The molecule has 8 heteroatoms. The van der Waals surface area contributed by atoms with Crippen molar-refractivity contribution in [1.82, 2.24) is 15.3 Å². The average molecular weight is 258 g/mol. The number of nitrogens with one attached hydrogen (secondary N) is 2. The van der Waals surface area contributed by atoms with Gasteiger partial charge in [-0.1, -0.05) is 11.6 Å². The van der Waals surface area contributed by atoms with E-state index in [0.29, 0.717) is 5.69 Å². The summed E-state index contributed by atoms with van der Waals surface area (Å²) in [7, 11) is 0. The molecular weight excluding hydrogens is 246 g/mol. The van der Waals surface area contributed by atoms with Crippen LogP contribution in [-0.2, 0) is 9.59 Å². The van der Waals surface area contributed by atoms with Gasteiger partial charge in [0, 0.05) is 5.69 Å². The lowest BCUT2D eigenvalue weighted by Crippen LogP contribution is -2.36. The first-order valence-electron chi connectivity index (χ1n) is 4.79. The summed E-state index contributed by atoms with van der Waals surface area (Å²) in [5.74, 6) is -0.765. The van der Waals surface area contributed by atoms with E-state index in [1.807, 2.05) is 0 Å². The highest BCUT2D eigenvalue weighted by Crippen LogP contribution is 2.09. The maximum absolute atomic E-state index is 11.4. The van der Waals surface area contributed by atoms with Crippen molar-refractivity contribution < 1.29 is 9.59 Å². The number of hydrogen-bond donors (Lipinski definition) is 3. The second kappa shape index (κ2) is 6.12. The van der Waals surface area contributed by atoms with E-state index >= 15 is 0 Å². The van der Waals surface area contributed by atoms with Crippen LogP contribution in [0, 0.1) is 6.92 Å². The van der Waals surface area contributed by atoms with Crippen LogP contribution < -0.4 is 16.4 Å². The number of nitrogens with zero attached hydrogens (tertiary/aromatic N) is 2. The first-order valence-corrected chi connectivity index (χ1v) is 5.17. The van der Waals surface area contributed by atoms with Crippen LogP contribution in [0.4, 0.5) is 5.95 Å². The van der Waals surface area contributed by atoms with Crippen molar-refractivity contribution in [2.24, 2.45) is 5.73 Å². The molecule has 92 valence electrons. The summed E-state index contributed by atoms with van der Waals surface area (Å²) in [4.78, 5) is 29.9. The molecule has 0 aromatic carbocycles. The summed E-state index contributed by atoms with van der Waals surface area (Å²) in [6.07, 6.45) is 0. The molecular formula is C9H12ClN5O2. The Morgan fingerprint density at radius 3 is 2.71 bits per heavy atom. The van der Waals surface area contributed by atoms with Crippen molar-refractivity contribution in [3.8, 4) is 0 Å². The van der Waals surface area contributed by atoms with Crippen molar-refractivity contribution in [3.63, 3.8) is 0 Å². The molecule has 1 aromatic rings. The summed E-state index contributed by atoms with van der Waals surface area (Å²) in [5.41, 5.74) is 5.70. The first-order chi connectivity index (χ1) is 8.01.